The standard InChI is InChI=1S/C32H57IO11/c33-10-6-1-2-7-11-34-12-13-35-14-15-36-16-17-37-18-19-38-20-21-39-22-23-40-24-25-41-26-27-42-28-29-43-30-31-44-32-8-4-3-5-9-32/h3-5,8-9H,1-2,6-7,10-31H2. The topological polar surface area (TPSA) is 102 Å². The van der Waals surface area contributed by atoms with E-state index in [1.54, 1.807) is 0 Å². The molecule has 1 aromatic rings. The smallest absolute Gasteiger partial charge is 0.119 e. The Bertz CT molecular complexity index is 660. The molecule has 0 heterocycles. The molecule has 0 fully saturated rings. The van der Waals surface area contributed by atoms with Gasteiger partial charge >= 0.3 is 0 Å². The van der Waals surface area contributed by atoms with Gasteiger partial charge in [0.05, 0.1) is 126 Å². The van der Waals surface area contributed by atoms with E-state index in [0.29, 0.717) is 132 Å². The summed E-state index contributed by atoms with van der Waals surface area (Å²) in [6, 6.07) is 9.68. The van der Waals surface area contributed by atoms with Crippen molar-refractivity contribution in [2.24, 2.45) is 0 Å². The number of rotatable bonds is 37. The summed E-state index contributed by atoms with van der Waals surface area (Å²) in [6.07, 6.45) is 4.98. The van der Waals surface area contributed by atoms with Crippen molar-refractivity contribution in [1.29, 1.82) is 0 Å². The summed E-state index contributed by atoms with van der Waals surface area (Å²) in [5, 5.41) is 0. The molecule has 0 spiro atoms. The highest BCUT2D eigenvalue weighted by molar-refractivity contribution is 14.1. The minimum atomic E-state index is 0.520. The molecule has 0 atom stereocenters. The molecule has 0 amide bonds. The van der Waals surface area contributed by atoms with Crippen molar-refractivity contribution >= 4 is 22.6 Å². The Labute approximate surface area is 278 Å². The SMILES string of the molecule is ICCCCCCOCCOCCOCCOCCOCCOCCOCCOCCOCCOCCOc1ccccc1. The summed E-state index contributed by atoms with van der Waals surface area (Å²) in [4.78, 5) is 0. The van der Waals surface area contributed by atoms with Gasteiger partial charge in [-0.05, 0) is 29.4 Å². The molecule has 0 unspecified atom stereocenters. The lowest BCUT2D eigenvalue weighted by molar-refractivity contribution is -0.0267. The Kier molecular flexibility index (Phi) is 34.6. The number of hydrogen-bond donors (Lipinski definition) is 0. The van der Waals surface area contributed by atoms with Gasteiger partial charge in [-0.15, -0.1) is 0 Å². The molecule has 1 rings (SSSR count). The van der Waals surface area contributed by atoms with Gasteiger partial charge in [0.25, 0.3) is 0 Å². The highest BCUT2D eigenvalue weighted by atomic mass is 127. The predicted octanol–water partition coefficient (Wildman–Crippen LogP) is 4.23. The minimum absolute atomic E-state index is 0.520. The fraction of sp³-hybridized carbons (Fsp3) is 0.812. The molecule has 44 heavy (non-hydrogen) atoms. The Balaban J connectivity index is 1.61. The van der Waals surface area contributed by atoms with Crippen molar-refractivity contribution in [3.63, 3.8) is 0 Å². The zero-order valence-corrected chi connectivity index (χ0v) is 28.8. The molecule has 258 valence electrons. The number of benzene rings is 1. The van der Waals surface area contributed by atoms with Crippen LogP contribution in [0.2, 0.25) is 0 Å². The lowest BCUT2D eigenvalue weighted by Gasteiger charge is -2.09. The van der Waals surface area contributed by atoms with Gasteiger partial charge in [-0.2, -0.15) is 0 Å². The number of halogens is 1. The Hall–Kier alpha value is -0.650. The van der Waals surface area contributed by atoms with Crippen LogP contribution in [0.5, 0.6) is 5.75 Å². The number of ether oxygens (including phenoxy) is 11. The lowest BCUT2D eigenvalue weighted by atomic mass is 10.2. The predicted molar refractivity (Wildman–Crippen MR) is 177 cm³/mol. The van der Waals surface area contributed by atoms with Crippen LogP contribution in [0.25, 0.3) is 0 Å². The summed E-state index contributed by atoms with van der Waals surface area (Å²) in [6.45, 7) is 11.6. The van der Waals surface area contributed by atoms with Gasteiger partial charge in [0.15, 0.2) is 0 Å². The third-order valence-electron chi connectivity index (χ3n) is 5.76. The highest BCUT2D eigenvalue weighted by Gasteiger charge is 1.97. The molecule has 0 aliphatic heterocycles. The van der Waals surface area contributed by atoms with Crippen LogP contribution in [-0.4, -0.2) is 143 Å². The van der Waals surface area contributed by atoms with Crippen molar-refractivity contribution in [1.82, 2.24) is 0 Å². The van der Waals surface area contributed by atoms with Gasteiger partial charge in [0, 0.05) is 6.61 Å². The summed E-state index contributed by atoms with van der Waals surface area (Å²) >= 11 is 2.42. The van der Waals surface area contributed by atoms with E-state index in [9.17, 15) is 0 Å². The maximum atomic E-state index is 5.56. The molecule has 11 nitrogen and oxygen atoms in total. The van der Waals surface area contributed by atoms with E-state index in [2.05, 4.69) is 22.6 Å². The van der Waals surface area contributed by atoms with Crippen LogP contribution in [-0.2, 0) is 47.4 Å². The van der Waals surface area contributed by atoms with Crippen molar-refractivity contribution < 1.29 is 52.1 Å². The molecule has 0 aliphatic carbocycles. The van der Waals surface area contributed by atoms with E-state index in [4.69, 9.17) is 52.1 Å². The van der Waals surface area contributed by atoms with Crippen molar-refractivity contribution in [3.8, 4) is 5.75 Å². The molecule has 0 saturated heterocycles. The molecule has 0 aliphatic rings. The van der Waals surface area contributed by atoms with Gasteiger partial charge < -0.3 is 52.1 Å². The second kappa shape index (κ2) is 36.8. The van der Waals surface area contributed by atoms with Gasteiger partial charge in [-0.25, -0.2) is 0 Å². The largest absolute Gasteiger partial charge is 0.491 e. The van der Waals surface area contributed by atoms with E-state index < -0.39 is 0 Å². The molecule has 0 radical (unpaired) electrons. The van der Waals surface area contributed by atoms with Crippen LogP contribution < -0.4 is 4.74 Å². The van der Waals surface area contributed by atoms with Crippen molar-refractivity contribution in [3.05, 3.63) is 30.3 Å². The molecule has 0 aromatic heterocycles. The quantitative estimate of drug-likeness (QED) is 0.0557. The van der Waals surface area contributed by atoms with Crippen molar-refractivity contribution in [2.75, 3.05) is 143 Å². The van der Waals surface area contributed by atoms with E-state index in [1.807, 2.05) is 30.3 Å². The van der Waals surface area contributed by atoms with Crippen LogP contribution in [0, 0.1) is 0 Å². The Morgan fingerprint density at radius 2 is 0.614 bits per heavy atom. The first-order valence-electron chi connectivity index (χ1n) is 15.9. The van der Waals surface area contributed by atoms with Crippen LogP contribution in [0.15, 0.2) is 30.3 Å². The Morgan fingerprint density at radius 1 is 0.318 bits per heavy atom. The first kappa shape index (κ1) is 41.4. The second-order valence-corrected chi connectivity index (χ2v) is 10.5. The maximum absolute atomic E-state index is 5.56. The summed E-state index contributed by atoms with van der Waals surface area (Å²) in [5.41, 5.74) is 0. The van der Waals surface area contributed by atoms with Crippen LogP contribution in [0.3, 0.4) is 0 Å². The van der Waals surface area contributed by atoms with Gasteiger partial charge in [-0.3, -0.25) is 0 Å². The monoisotopic (exact) mass is 744 g/mol. The molecular formula is C32H57IO11. The average molecular weight is 745 g/mol. The van der Waals surface area contributed by atoms with Crippen LogP contribution in [0.1, 0.15) is 25.7 Å². The van der Waals surface area contributed by atoms with Gasteiger partial charge in [0.1, 0.15) is 12.4 Å². The molecule has 1 aromatic carbocycles. The molecule has 0 bridgehead atoms. The van der Waals surface area contributed by atoms with Crippen LogP contribution in [0.4, 0.5) is 0 Å². The third-order valence-corrected chi connectivity index (χ3v) is 6.52. The summed E-state index contributed by atoms with van der Waals surface area (Å²) < 4.78 is 61.7. The zero-order chi connectivity index (χ0) is 31.3. The third kappa shape index (κ3) is 32.7. The summed E-state index contributed by atoms with van der Waals surface area (Å²) in [7, 11) is 0. The normalized spacial score (nSPS) is 11.4. The molecule has 0 saturated carbocycles. The van der Waals surface area contributed by atoms with Gasteiger partial charge in [-0.1, -0.05) is 53.6 Å². The fourth-order valence-electron chi connectivity index (χ4n) is 3.47. The second-order valence-electron chi connectivity index (χ2n) is 9.39. The number of alkyl halides is 1. The van der Waals surface area contributed by atoms with E-state index in [0.717, 1.165) is 18.8 Å². The molecule has 12 heteroatoms. The van der Waals surface area contributed by atoms with Crippen LogP contribution >= 0.6 is 22.6 Å². The zero-order valence-electron chi connectivity index (χ0n) is 26.6. The van der Waals surface area contributed by atoms with Gasteiger partial charge in [0.2, 0.25) is 0 Å². The lowest BCUT2D eigenvalue weighted by Crippen LogP contribution is -2.15. The number of unbranched alkanes of at least 4 members (excludes halogenated alkanes) is 3. The fourth-order valence-corrected chi connectivity index (χ4v) is 4.01. The molecule has 0 N–H and O–H groups in total. The van der Waals surface area contributed by atoms with E-state index in [-0.39, 0.29) is 0 Å². The maximum Gasteiger partial charge on any atom is 0.119 e. The van der Waals surface area contributed by atoms with E-state index in [1.165, 1.54) is 23.7 Å². The highest BCUT2D eigenvalue weighted by Crippen LogP contribution is 2.07. The Morgan fingerprint density at radius 3 is 0.955 bits per heavy atom. The number of hydrogen-bond acceptors (Lipinski definition) is 11. The van der Waals surface area contributed by atoms with E-state index >= 15 is 0 Å². The molecular weight excluding hydrogens is 687 g/mol. The minimum Gasteiger partial charge on any atom is -0.491 e. The van der Waals surface area contributed by atoms with Crippen molar-refractivity contribution in [2.45, 2.75) is 25.7 Å². The number of para-hydroxylation sites is 1. The summed E-state index contributed by atoms with van der Waals surface area (Å²) in [5.74, 6) is 0.847. The average Bonchev–Trinajstić information content (AvgIpc) is 3.05. The first-order valence-corrected chi connectivity index (χ1v) is 17.5. The first-order chi connectivity index (χ1) is 21.9.